The van der Waals surface area contributed by atoms with Crippen LogP contribution in [0.3, 0.4) is 0 Å². The van der Waals surface area contributed by atoms with Gasteiger partial charge in [-0.1, -0.05) is 29.8 Å². The number of hydrogen-bond donors (Lipinski definition) is 2. The normalized spacial score (nSPS) is 12.0. The van der Waals surface area contributed by atoms with Crippen LogP contribution in [-0.4, -0.2) is 10.1 Å². The molecule has 2 N–H and O–H groups in total. The Hall–Kier alpha value is -2.04. The van der Waals surface area contributed by atoms with Crippen molar-refractivity contribution in [2.24, 2.45) is 0 Å². The largest absolute Gasteiger partial charge is 0.508 e. The van der Waals surface area contributed by atoms with E-state index in [-0.39, 0.29) is 5.75 Å². The Morgan fingerprint density at radius 3 is 2.90 bits per heavy atom. The van der Waals surface area contributed by atoms with Gasteiger partial charge in [0, 0.05) is 33.6 Å². The number of nitrogens with one attached hydrogen (secondary N) is 1. The first-order valence-electron chi connectivity index (χ1n) is 6.54. The van der Waals surface area contributed by atoms with Crippen molar-refractivity contribution >= 4 is 33.8 Å². The highest BCUT2D eigenvalue weighted by atomic mass is 35.5. The molecular weight excluding hydrogens is 304 g/mol. The zero-order valence-electron chi connectivity index (χ0n) is 10.9. The van der Waals surface area contributed by atoms with Crippen molar-refractivity contribution in [2.45, 2.75) is 6.42 Å². The van der Waals surface area contributed by atoms with Crippen molar-refractivity contribution in [3.05, 3.63) is 57.9 Å². The summed E-state index contributed by atoms with van der Waals surface area (Å²) < 4.78 is 0. The van der Waals surface area contributed by atoms with E-state index in [1.807, 2.05) is 18.2 Å². The van der Waals surface area contributed by atoms with Crippen LogP contribution in [0.5, 0.6) is 5.75 Å². The molecule has 3 nitrogen and oxygen atoms in total. The lowest BCUT2D eigenvalue weighted by Gasteiger charge is -2.04. The molecule has 2 aromatic carbocycles. The van der Waals surface area contributed by atoms with Crippen LogP contribution in [0, 0.1) is 0 Å². The lowest BCUT2D eigenvalue weighted by molar-refractivity contribution is 0.475. The fourth-order valence-electron chi connectivity index (χ4n) is 2.56. The van der Waals surface area contributed by atoms with E-state index >= 15 is 0 Å². The summed E-state index contributed by atoms with van der Waals surface area (Å²) in [6.07, 6.45) is 0.837. The number of nitrogens with zero attached hydrogens (tertiary/aromatic N) is 1. The third kappa shape index (κ3) is 2.17. The summed E-state index contributed by atoms with van der Waals surface area (Å²) in [5, 5.41) is 14.4. The van der Waals surface area contributed by atoms with E-state index in [0.717, 1.165) is 39.1 Å². The average Bonchev–Trinajstić information content (AvgIpc) is 2.97. The second-order valence-corrected chi connectivity index (χ2v) is 6.40. The van der Waals surface area contributed by atoms with Crippen molar-refractivity contribution in [2.75, 3.05) is 5.32 Å². The zero-order valence-corrected chi connectivity index (χ0v) is 12.5. The van der Waals surface area contributed by atoms with Gasteiger partial charge in [0.25, 0.3) is 0 Å². The number of anilines is 2. The standard InChI is InChI=1S/C16H11ClN2OS/c17-13-6-2-5-11-12(13)8-14-15(11)19-16(21-14)18-9-3-1-4-10(20)7-9/h1-7,20H,8H2,(H,18,19). The average molecular weight is 315 g/mol. The third-order valence-electron chi connectivity index (χ3n) is 3.51. The van der Waals surface area contributed by atoms with Gasteiger partial charge in [-0.3, -0.25) is 0 Å². The molecule has 21 heavy (non-hydrogen) atoms. The van der Waals surface area contributed by atoms with Gasteiger partial charge in [0.1, 0.15) is 5.75 Å². The molecule has 1 heterocycles. The van der Waals surface area contributed by atoms with Gasteiger partial charge in [-0.15, -0.1) is 11.3 Å². The summed E-state index contributed by atoms with van der Waals surface area (Å²) in [5.74, 6) is 0.237. The van der Waals surface area contributed by atoms with E-state index < -0.39 is 0 Å². The van der Waals surface area contributed by atoms with Crippen molar-refractivity contribution in [3.8, 4) is 17.0 Å². The van der Waals surface area contributed by atoms with Crippen LogP contribution in [0.4, 0.5) is 10.8 Å². The van der Waals surface area contributed by atoms with Gasteiger partial charge in [-0.05, 0) is 23.8 Å². The minimum absolute atomic E-state index is 0.237. The number of aromatic hydroxyl groups is 1. The van der Waals surface area contributed by atoms with Crippen LogP contribution < -0.4 is 5.32 Å². The van der Waals surface area contributed by atoms with Gasteiger partial charge in [0.15, 0.2) is 5.13 Å². The highest BCUT2D eigenvalue weighted by Gasteiger charge is 2.25. The van der Waals surface area contributed by atoms with E-state index in [9.17, 15) is 5.11 Å². The van der Waals surface area contributed by atoms with E-state index in [2.05, 4.69) is 16.4 Å². The van der Waals surface area contributed by atoms with Crippen LogP contribution in [0.2, 0.25) is 5.02 Å². The second kappa shape index (κ2) is 4.76. The minimum Gasteiger partial charge on any atom is -0.508 e. The second-order valence-electron chi connectivity index (χ2n) is 4.91. The molecule has 0 spiro atoms. The Balaban J connectivity index is 1.69. The molecule has 0 unspecified atom stereocenters. The first-order valence-corrected chi connectivity index (χ1v) is 7.74. The van der Waals surface area contributed by atoms with E-state index in [0.29, 0.717) is 0 Å². The molecule has 4 rings (SSSR count). The zero-order chi connectivity index (χ0) is 14.4. The summed E-state index contributed by atoms with van der Waals surface area (Å²) in [5.41, 5.74) is 4.13. The lowest BCUT2D eigenvalue weighted by atomic mass is 10.1. The Kier molecular flexibility index (Phi) is 2.87. The number of halogens is 1. The molecule has 1 aliphatic rings. The molecule has 0 saturated heterocycles. The molecule has 0 radical (unpaired) electrons. The fraction of sp³-hybridized carbons (Fsp3) is 0.0625. The first-order chi connectivity index (χ1) is 10.2. The van der Waals surface area contributed by atoms with Crippen LogP contribution in [0.15, 0.2) is 42.5 Å². The highest BCUT2D eigenvalue weighted by molar-refractivity contribution is 7.16. The summed E-state index contributed by atoms with van der Waals surface area (Å²) >= 11 is 7.86. The van der Waals surface area contributed by atoms with Gasteiger partial charge in [-0.2, -0.15) is 0 Å². The molecule has 0 bridgehead atoms. The van der Waals surface area contributed by atoms with Crippen molar-refractivity contribution in [3.63, 3.8) is 0 Å². The summed E-state index contributed by atoms with van der Waals surface area (Å²) in [4.78, 5) is 5.89. The van der Waals surface area contributed by atoms with Crippen molar-refractivity contribution in [1.29, 1.82) is 0 Å². The number of rotatable bonds is 2. The lowest BCUT2D eigenvalue weighted by Crippen LogP contribution is -1.89. The van der Waals surface area contributed by atoms with Crippen LogP contribution in [-0.2, 0) is 6.42 Å². The van der Waals surface area contributed by atoms with E-state index in [1.165, 1.54) is 4.88 Å². The highest BCUT2D eigenvalue weighted by Crippen LogP contribution is 2.43. The molecule has 3 aromatic rings. The maximum atomic E-state index is 9.50. The molecule has 1 aromatic heterocycles. The number of thiazole rings is 1. The Morgan fingerprint density at radius 1 is 1.19 bits per heavy atom. The summed E-state index contributed by atoms with van der Waals surface area (Å²) in [6, 6.07) is 13.0. The number of fused-ring (bicyclic) bond motifs is 3. The van der Waals surface area contributed by atoms with Crippen LogP contribution >= 0.6 is 22.9 Å². The van der Waals surface area contributed by atoms with Gasteiger partial charge >= 0.3 is 0 Å². The molecule has 5 heteroatoms. The topological polar surface area (TPSA) is 45.1 Å². The maximum absolute atomic E-state index is 9.50. The monoisotopic (exact) mass is 314 g/mol. The summed E-state index contributed by atoms with van der Waals surface area (Å²) in [7, 11) is 0. The van der Waals surface area contributed by atoms with Crippen molar-refractivity contribution in [1.82, 2.24) is 4.98 Å². The van der Waals surface area contributed by atoms with Crippen LogP contribution in [0.25, 0.3) is 11.3 Å². The number of phenolic OH excluding ortho intramolecular Hbond substituents is 1. The number of hydrogen-bond acceptors (Lipinski definition) is 4. The smallest absolute Gasteiger partial charge is 0.187 e. The Labute approximate surface area is 130 Å². The molecule has 0 amide bonds. The minimum atomic E-state index is 0.237. The van der Waals surface area contributed by atoms with Gasteiger partial charge < -0.3 is 10.4 Å². The first kappa shape index (κ1) is 12.7. The number of aromatic nitrogens is 1. The molecule has 0 atom stereocenters. The van der Waals surface area contributed by atoms with Gasteiger partial charge in [0.05, 0.1) is 5.69 Å². The summed E-state index contributed by atoms with van der Waals surface area (Å²) in [6.45, 7) is 0. The van der Waals surface area contributed by atoms with E-state index in [4.69, 9.17) is 11.6 Å². The quantitative estimate of drug-likeness (QED) is 0.557. The number of benzene rings is 2. The molecule has 0 fully saturated rings. The Bertz CT molecular complexity index is 844. The molecule has 0 saturated carbocycles. The Morgan fingerprint density at radius 2 is 2.05 bits per heavy atom. The third-order valence-corrected chi connectivity index (χ3v) is 4.83. The molecule has 104 valence electrons. The predicted molar refractivity (Wildman–Crippen MR) is 86.8 cm³/mol. The van der Waals surface area contributed by atoms with Crippen molar-refractivity contribution < 1.29 is 5.11 Å². The van der Waals surface area contributed by atoms with Crippen LogP contribution in [0.1, 0.15) is 10.4 Å². The maximum Gasteiger partial charge on any atom is 0.187 e. The molecule has 1 aliphatic carbocycles. The fourth-order valence-corrected chi connectivity index (χ4v) is 3.81. The van der Waals surface area contributed by atoms with Gasteiger partial charge in [0.2, 0.25) is 0 Å². The molecular formula is C16H11ClN2OS. The van der Waals surface area contributed by atoms with Gasteiger partial charge in [-0.25, -0.2) is 4.98 Å². The SMILES string of the molecule is Oc1cccc(Nc2nc3c(s2)Cc2c(Cl)cccc2-3)c1. The van der Waals surface area contributed by atoms with E-state index in [1.54, 1.807) is 29.5 Å². The predicted octanol–water partition coefficient (Wildman–Crippen LogP) is 4.82. The number of phenols is 1. The molecule has 0 aliphatic heterocycles.